The molecule has 3 aromatic rings. The first kappa shape index (κ1) is 22.7. The second kappa shape index (κ2) is 9.41. The number of hydrogen-bond acceptors (Lipinski definition) is 3. The van der Waals surface area contributed by atoms with Gasteiger partial charge in [-0.25, -0.2) is 12.8 Å². The molecule has 31 heavy (non-hydrogen) atoms. The molecule has 0 saturated carbocycles. The quantitative estimate of drug-likeness (QED) is 0.576. The number of benzene rings is 3. The normalized spacial score (nSPS) is 12.4. The summed E-state index contributed by atoms with van der Waals surface area (Å²) in [7, 11) is -4.01. The van der Waals surface area contributed by atoms with Gasteiger partial charge in [-0.2, -0.15) is 4.72 Å². The molecule has 3 rings (SSSR count). The molecule has 0 aliphatic carbocycles. The summed E-state index contributed by atoms with van der Waals surface area (Å²) < 4.78 is 43.1. The standard InChI is InChI=1S/C24H25FN2O3S/c1-16-13-17(2)23(18(3)14-16)31(29,30)27-22(15-19-9-5-4-6-10-19)24(28)26-21-12-8-7-11-20(21)25/h4-14,22,27H,15H2,1-3H3,(H,26,28). The molecule has 7 heteroatoms. The van der Waals surface area contributed by atoms with Gasteiger partial charge in [-0.3, -0.25) is 4.79 Å². The number of hydrogen-bond donors (Lipinski definition) is 2. The summed E-state index contributed by atoms with van der Waals surface area (Å²) in [5.41, 5.74) is 2.91. The number of aryl methyl sites for hydroxylation is 3. The SMILES string of the molecule is Cc1cc(C)c(S(=O)(=O)NC(Cc2ccccc2)C(=O)Nc2ccccc2F)c(C)c1. The third kappa shape index (κ3) is 5.57. The minimum Gasteiger partial charge on any atom is -0.322 e. The van der Waals surface area contributed by atoms with E-state index in [1.807, 2.05) is 25.1 Å². The monoisotopic (exact) mass is 440 g/mol. The molecule has 1 unspecified atom stereocenters. The maximum Gasteiger partial charge on any atom is 0.242 e. The fraction of sp³-hybridized carbons (Fsp3) is 0.208. The van der Waals surface area contributed by atoms with Crippen LogP contribution in [-0.2, 0) is 21.2 Å². The molecule has 0 spiro atoms. The summed E-state index contributed by atoms with van der Waals surface area (Å²) in [6.45, 7) is 5.34. The predicted octanol–water partition coefficient (Wildman–Crippen LogP) is 4.28. The first-order valence-electron chi connectivity index (χ1n) is 9.87. The van der Waals surface area contributed by atoms with E-state index in [4.69, 9.17) is 0 Å². The van der Waals surface area contributed by atoms with Crippen LogP contribution in [0.25, 0.3) is 0 Å². The Morgan fingerprint density at radius 2 is 1.52 bits per heavy atom. The Bertz CT molecular complexity index is 1170. The first-order chi connectivity index (χ1) is 14.7. The Morgan fingerprint density at radius 1 is 0.935 bits per heavy atom. The highest BCUT2D eigenvalue weighted by atomic mass is 32.2. The zero-order valence-corrected chi connectivity index (χ0v) is 18.5. The summed E-state index contributed by atoms with van der Waals surface area (Å²) in [4.78, 5) is 13.1. The molecule has 0 bridgehead atoms. The van der Waals surface area contributed by atoms with Crippen LogP contribution < -0.4 is 10.0 Å². The van der Waals surface area contributed by atoms with E-state index in [0.29, 0.717) is 11.1 Å². The van der Waals surface area contributed by atoms with E-state index in [1.165, 1.54) is 18.2 Å². The third-order valence-corrected chi connectivity index (χ3v) is 6.68. The topological polar surface area (TPSA) is 75.3 Å². The number of carbonyl (C=O) groups is 1. The highest BCUT2D eigenvalue weighted by Gasteiger charge is 2.28. The zero-order chi connectivity index (χ0) is 22.6. The summed E-state index contributed by atoms with van der Waals surface area (Å²) >= 11 is 0. The summed E-state index contributed by atoms with van der Waals surface area (Å²) in [5, 5.41) is 2.50. The van der Waals surface area contributed by atoms with Gasteiger partial charge >= 0.3 is 0 Å². The lowest BCUT2D eigenvalue weighted by Gasteiger charge is -2.21. The minimum atomic E-state index is -4.01. The van der Waals surface area contributed by atoms with Crippen LogP contribution in [0.3, 0.4) is 0 Å². The van der Waals surface area contributed by atoms with E-state index in [0.717, 1.165) is 11.1 Å². The fourth-order valence-electron chi connectivity index (χ4n) is 3.66. The molecule has 1 amide bonds. The Morgan fingerprint density at radius 3 is 2.13 bits per heavy atom. The van der Waals surface area contributed by atoms with Gasteiger partial charge in [-0.15, -0.1) is 0 Å². The number of carbonyl (C=O) groups excluding carboxylic acids is 1. The van der Waals surface area contributed by atoms with Crippen molar-refractivity contribution in [2.45, 2.75) is 38.1 Å². The lowest BCUT2D eigenvalue weighted by molar-refractivity contribution is -0.117. The van der Waals surface area contributed by atoms with E-state index < -0.39 is 27.8 Å². The van der Waals surface area contributed by atoms with Gasteiger partial charge < -0.3 is 5.32 Å². The molecule has 0 aliphatic heterocycles. The Labute approximate surface area is 182 Å². The van der Waals surface area contributed by atoms with Gasteiger partial charge in [-0.1, -0.05) is 60.2 Å². The van der Waals surface area contributed by atoms with Crippen molar-refractivity contribution in [3.8, 4) is 0 Å². The van der Waals surface area contributed by atoms with Crippen LogP contribution in [0.5, 0.6) is 0 Å². The number of anilines is 1. The Hall–Kier alpha value is -3.03. The maximum atomic E-state index is 14.0. The second-order valence-corrected chi connectivity index (χ2v) is 9.21. The predicted molar refractivity (Wildman–Crippen MR) is 120 cm³/mol. The number of amides is 1. The van der Waals surface area contributed by atoms with Crippen LogP contribution >= 0.6 is 0 Å². The summed E-state index contributed by atoms with van der Waals surface area (Å²) in [6, 6.07) is 17.3. The van der Waals surface area contributed by atoms with E-state index in [1.54, 1.807) is 44.2 Å². The van der Waals surface area contributed by atoms with Gasteiger partial charge in [0.25, 0.3) is 0 Å². The van der Waals surface area contributed by atoms with Crippen LogP contribution in [0, 0.1) is 26.6 Å². The lowest BCUT2D eigenvalue weighted by Crippen LogP contribution is -2.45. The molecule has 0 saturated heterocycles. The van der Waals surface area contributed by atoms with E-state index in [-0.39, 0.29) is 17.0 Å². The van der Waals surface area contributed by atoms with Crippen LogP contribution in [0.1, 0.15) is 22.3 Å². The van der Waals surface area contributed by atoms with Crippen molar-refractivity contribution in [1.82, 2.24) is 4.72 Å². The molecule has 0 aromatic heterocycles. The molecular formula is C24H25FN2O3S. The van der Waals surface area contributed by atoms with Crippen LogP contribution in [-0.4, -0.2) is 20.4 Å². The molecule has 2 N–H and O–H groups in total. The molecule has 0 radical (unpaired) electrons. The number of para-hydroxylation sites is 1. The van der Waals surface area contributed by atoms with Gasteiger partial charge in [0.05, 0.1) is 10.6 Å². The van der Waals surface area contributed by atoms with E-state index in [2.05, 4.69) is 10.0 Å². The van der Waals surface area contributed by atoms with E-state index in [9.17, 15) is 17.6 Å². The highest BCUT2D eigenvalue weighted by Crippen LogP contribution is 2.23. The molecule has 162 valence electrons. The van der Waals surface area contributed by atoms with Crippen molar-refractivity contribution in [3.63, 3.8) is 0 Å². The van der Waals surface area contributed by atoms with Gasteiger partial charge in [0, 0.05) is 0 Å². The third-order valence-electron chi connectivity index (χ3n) is 4.90. The smallest absolute Gasteiger partial charge is 0.242 e. The average Bonchev–Trinajstić information content (AvgIpc) is 2.68. The molecule has 0 fully saturated rings. The van der Waals surface area contributed by atoms with Crippen LogP contribution in [0.4, 0.5) is 10.1 Å². The largest absolute Gasteiger partial charge is 0.322 e. The molecule has 1 atom stereocenters. The zero-order valence-electron chi connectivity index (χ0n) is 17.6. The van der Waals surface area contributed by atoms with Crippen LogP contribution in [0.15, 0.2) is 71.6 Å². The van der Waals surface area contributed by atoms with Crippen molar-refractivity contribution >= 4 is 21.6 Å². The van der Waals surface area contributed by atoms with Gasteiger partial charge in [0.2, 0.25) is 15.9 Å². The lowest BCUT2D eigenvalue weighted by atomic mass is 10.1. The number of nitrogens with one attached hydrogen (secondary N) is 2. The Kier molecular flexibility index (Phi) is 6.87. The second-order valence-electron chi connectivity index (χ2n) is 7.56. The maximum absolute atomic E-state index is 14.0. The van der Waals surface area contributed by atoms with Crippen molar-refractivity contribution < 1.29 is 17.6 Å². The first-order valence-corrected chi connectivity index (χ1v) is 11.3. The number of rotatable bonds is 7. The summed E-state index contributed by atoms with van der Waals surface area (Å²) in [5.74, 6) is -1.23. The average molecular weight is 441 g/mol. The molecule has 0 heterocycles. The number of halogens is 1. The fourth-order valence-corrected chi connectivity index (χ4v) is 5.31. The van der Waals surface area contributed by atoms with Crippen molar-refractivity contribution in [2.24, 2.45) is 0 Å². The van der Waals surface area contributed by atoms with Crippen molar-refractivity contribution in [2.75, 3.05) is 5.32 Å². The van der Waals surface area contributed by atoms with Gasteiger partial charge in [0.1, 0.15) is 11.9 Å². The minimum absolute atomic E-state index is 0.00698. The van der Waals surface area contributed by atoms with Gasteiger partial charge in [0.15, 0.2) is 0 Å². The molecule has 3 aromatic carbocycles. The molecular weight excluding hydrogens is 415 g/mol. The number of sulfonamides is 1. The summed E-state index contributed by atoms with van der Waals surface area (Å²) in [6.07, 6.45) is 0.115. The molecule has 0 aliphatic rings. The molecule has 5 nitrogen and oxygen atoms in total. The Balaban J connectivity index is 1.94. The highest BCUT2D eigenvalue weighted by molar-refractivity contribution is 7.89. The van der Waals surface area contributed by atoms with Crippen LogP contribution in [0.2, 0.25) is 0 Å². The van der Waals surface area contributed by atoms with E-state index >= 15 is 0 Å². The van der Waals surface area contributed by atoms with Gasteiger partial charge in [-0.05, 0) is 56.0 Å². The van der Waals surface area contributed by atoms with Crippen molar-refractivity contribution in [3.05, 3.63) is 94.8 Å². The van der Waals surface area contributed by atoms with Crippen molar-refractivity contribution in [1.29, 1.82) is 0 Å².